The predicted octanol–water partition coefficient (Wildman–Crippen LogP) is 2.61. The first-order valence-corrected chi connectivity index (χ1v) is 14.6. The molecule has 16 nitrogen and oxygen atoms in total. The van der Waals surface area contributed by atoms with Gasteiger partial charge < -0.3 is 24.6 Å². The first-order chi connectivity index (χ1) is 20.3. The van der Waals surface area contributed by atoms with Crippen LogP contribution >= 0.6 is 11.3 Å². The average Bonchev–Trinajstić information content (AvgIpc) is 3.44. The lowest BCUT2D eigenvalue weighted by Gasteiger charge is -2.30. The van der Waals surface area contributed by atoms with Gasteiger partial charge in [0.2, 0.25) is 5.96 Å². The van der Waals surface area contributed by atoms with E-state index in [4.69, 9.17) is 19.7 Å². The van der Waals surface area contributed by atoms with Gasteiger partial charge in [-0.3, -0.25) is 25.2 Å². The van der Waals surface area contributed by atoms with Crippen molar-refractivity contribution in [1.29, 1.82) is 5.41 Å². The van der Waals surface area contributed by atoms with Crippen LogP contribution in [0.15, 0.2) is 12.7 Å². The van der Waals surface area contributed by atoms with Gasteiger partial charge in [-0.05, 0) is 41.5 Å². The second kappa shape index (κ2) is 13.2. The van der Waals surface area contributed by atoms with E-state index in [-0.39, 0.29) is 42.8 Å². The molecular formula is C27H40N8O8S. The van der Waals surface area contributed by atoms with E-state index in [0.717, 1.165) is 16.2 Å². The number of aromatic nitrogens is 1. The van der Waals surface area contributed by atoms with E-state index in [2.05, 4.69) is 22.2 Å². The first-order valence-electron chi connectivity index (χ1n) is 13.8. The SMILES string of the molecule is C=CCON1C(=O)N2CC1c1sc(C(=O)NCCN(C(=N)NC(=O)OC(C)(C)C)C(=O)OC(C)(C)C)nc1C2C(=O)N(C)C. The van der Waals surface area contributed by atoms with Crippen molar-refractivity contribution in [3.63, 3.8) is 0 Å². The van der Waals surface area contributed by atoms with E-state index in [9.17, 15) is 24.0 Å². The molecule has 3 heterocycles. The molecule has 1 aromatic rings. The zero-order chi connectivity index (χ0) is 33.1. The van der Waals surface area contributed by atoms with Gasteiger partial charge in [0, 0.05) is 27.2 Å². The van der Waals surface area contributed by atoms with E-state index >= 15 is 0 Å². The fourth-order valence-electron chi connectivity index (χ4n) is 4.24. The minimum atomic E-state index is -1.04. The monoisotopic (exact) mass is 636 g/mol. The summed E-state index contributed by atoms with van der Waals surface area (Å²) in [6, 6.07) is -2.11. The number of rotatable bonds is 8. The Morgan fingerprint density at radius 1 is 1.14 bits per heavy atom. The Kier molecular flexibility index (Phi) is 10.3. The lowest BCUT2D eigenvalue weighted by Crippen LogP contribution is -2.51. The molecule has 17 heteroatoms. The fraction of sp³-hybridized carbons (Fsp3) is 0.593. The summed E-state index contributed by atoms with van der Waals surface area (Å²) in [5.41, 5.74) is -1.45. The third kappa shape index (κ3) is 8.02. The molecule has 2 atom stereocenters. The van der Waals surface area contributed by atoms with Crippen LogP contribution in [0.1, 0.15) is 74.0 Å². The van der Waals surface area contributed by atoms with E-state index in [1.807, 2.05) is 0 Å². The quantitative estimate of drug-likeness (QED) is 0.219. The van der Waals surface area contributed by atoms with Crippen LogP contribution in [0.3, 0.4) is 0 Å². The Morgan fingerprint density at radius 2 is 1.77 bits per heavy atom. The number of hydrogen-bond acceptors (Lipinski definition) is 11. The molecule has 44 heavy (non-hydrogen) atoms. The molecule has 242 valence electrons. The minimum Gasteiger partial charge on any atom is -0.444 e. The topological polar surface area (TPSA) is 187 Å². The Morgan fingerprint density at radius 3 is 2.34 bits per heavy atom. The Balaban J connectivity index is 1.78. The number of nitrogens with one attached hydrogen (secondary N) is 3. The normalized spacial score (nSPS) is 17.4. The van der Waals surface area contributed by atoms with Crippen LogP contribution in [0.5, 0.6) is 0 Å². The van der Waals surface area contributed by atoms with Crippen LogP contribution in [-0.2, 0) is 19.1 Å². The predicted molar refractivity (Wildman–Crippen MR) is 159 cm³/mol. The highest BCUT2D eigenvalue weighted by Crippen LogP contribution is 2.46. The fourth-order valence-corrected chi connectivity index (χ4v) is 5.32. The van der Waals surface area contributed by atoms with Crippen molar-refractivity contribution in [2.45, 2.75) is 64.8 Å². The van der Waals surface area contributed by atoms with Crippen LogP contribution in [0.4, 0.5) is 14.4 Å². The molecule has 1 aromatic heterocycles. The number of hydrogen-bond donors (Lipinski definition) is 3. The number of amides is 6. The van der Waals surface area contributed by atoms with Gasteiger partial charge in [0.05, 0.1) is 23.7 Å². The van der Waals surface area contributed by atoms with Crippen molar-refractivity contribution < 1.29 is 38.3 Å². The molecule has 2 bridgehead atoms. The molecule has 1 saturated heterocycles. The molecule has 0 spiro atoms. The zero-order valence-corrected chi connectivity index (χ0v) is 27.0. The van der Waals surface area contributed by atoms with Gasteiger partial charge in [0.25, 0.3) is 11.8 Å². The molecule has 0 aromatic carbocycles. The maximum atomic E-state index is 13.2. The third-order valence-corrected chi connectivity index (χ3v) is 7.14. The molecule has 6 amide bonds. The molecule has 2 aliphatic rings. The number of fused-ring (bicyclic) bond motifs is 4. The molecule has 1 fully saturated rings. The number of nitrogens with zero attached hydrogens (tertiary/aromatic N) is 5. The summed E-state index contributed by atoms with van der Waals surface area (Å²) in [4.78, 5) is 78.6. The van der Waals surface area contributed by atoms with Gasteiger partial charge in [-0.15, -0.1) is 17.9 Å². The van der Waals surface area contributed by atoms with Crippen LogP contribution in [-0.4, -0.2) is 112 Å². The Hall–Kier alpha value is -4.25. The number of urea groups is 1. The number of carbonyl (C=O) groups is 5. The Bertz CT molecular complexity index is 1330. The number of carbonyl (C=O) groups excluding carboxylic acids is 5. The van der Waals surface area contributed by atoms with Gasteiger partial charge in [0.1, 0.15) is 17.2 Å². The standard InChI is InChI=1S/C27H40N8O8S/c1-10-13-41-35-15-14-34(24(35)39)17(21(37)32(8)9)16-18(15)44-20(30-16)19(36)29-11-12-33(25(40)43-27(5,6)7)22(28)31-23(38)42-26(2,3)4/h10,15,17H,1,11-14H2,2-9H3,(H,29,36)(H2,28,31,38). The number of ether oxygens (including phenoxy) is 2. The first kappa shape index (κ1) is 34.2. The van der Waals surface area contributed by atoms with Crippen LogP contribution < -0.4 is 10.6 Å². The molecule has 0 radical (unpaired) electrons. The van der Waals surface area contributed by atoms with E-state index in [1.165, 1.54) is 20.9 Å². The van der Waals surface area contributed by atoms with E-state index < -0.39 is 53.4 Å². The summed E-state index contributed by atoms with van der Waals surface area (Å²) in [7, 11) is 3.12. The van der Waals surface area contributed by atoms with E-state index in [1.54, 1.807) is 55.6 Å². The average molecular weight is 637 g/mol. The maximum Gasteiger partial charge on any atom is 0.417 e. The summed E-state index contributed by atoms with van der Waals surface area (Å²) in [5.74, 6) is -1.59. The Labute approximate surface area is 259 Å². The molecule has 0 aliphatic carbocycles. The van der Waals surface area contributed by atoms with Crippen LogP contribution in [0.25, 0.3) is 0 Å². The second-order valence-electron chi connectivity index (χ2n) is 12.1. The van der Waals surface area contributed by atoms with Crippen molar-refractivity contribution in [3.05, 3.63) is 28.2 Å². The summed E-state index contributed by atoms with van der Waals surface area (Å²) < 4.78 is 10.5. The number of thiazole rings is 1. The van der Waals surface area contributed by atoms with Gasteiger partial charge >= 0.3 is 18.2 Å². The molecule has 3 rings (SSSR count). The smallest absolute Gasteiger partial charge is 0.417 e. The maximum absolute atomic E-state index is 13.2. The molecular weight excluding hydrogens is 596 g/mol. The number of hydroxylamine groups is 2. The van der Waals surface area contributed by atoms with Gasteiger partial charge in [-0.2, -0.15) is 5.06 Å². The number of likely N-dealkylation sites (N-methyl/N-ethyl adjacent to an activating group) is 1. The highest BCUT2D eigenvalue weighted by atomic mass is 32.1. The van der Waals surface area contributed by atoms with Crippen molar-refractivity contribution in [1.82, 2.24) is 35.4 Å². The highest BCUT2D eigenvalue weighted by Gasteiger charge is 2.53. The van der Waals surface area contributed by atoms with E-state index in [0.29, 0.717) is 4.88 Å². The largest absolute Gasteiger partial charge is 0.444 e. The van der Waals surface area contributed by atoms with Gasteiger partial charge in [-0.1, -0.05) is 6.08 Å². The minimum absolute atomic E-state index is 0.0298. The van der Waals surface area contributed by atoms with Crippen molar-refractivity contribution in [3.8, 4) is 0 Å². The highest BCUT2D eigenvalue weighted by molar-refractivity contribution is 7.13. The van der Waals surface area contributed by atoms with Crippen molar-refractivity contribution in [2.75, 3.05) is 40.3 Å². The lowest BCUT2D eigenvalue weighted by molar-refractivity contribution is -0.133. The van der Waals surface area contributed by atoms with Gasteiger partial charge in [-0.25, -0.2) is 24.3 Å². The molecule has 2 unspecified atom stereocenters. The summed E-state index contributed by atoms with van der Waals surface area (Å²) in [6.07, 6.45) is -0.370. The summed E-state index contributed by atoms with van der Waals surface area (Å²) in [5, 5.41) is 14.3. The number of alkyl carbamates (subject to hydrolysis) is 1. The molecule has 3 N–H and O–H groups in total. The van der Waals surface area contributed by atoms with Gasteiger partial charge in [0.15, 0.2) is 11.0 Å². The lowest BCUT2D eigenvalue weighted by atomic mass is 10.0. The zero-order valence-electron chi connectivity index (χ0n) is 26.2. The van der Waals surface area contributed by atoms with Crippen LogP contribution in [0.2, 0.25) is 0 Å². The molecule has 0 saturated carbocycles. The number of guanidine groups is 1. The summed E-state index contributed by atoms with van der Waals surface area (Å²) >= 11 is 1.03. The second-order valence-corrected chi connectivity index (χ2v) is 13.2. The van der Waals surface area contributed by atoms with Crippen molar-refractivity contribution in [2.24, 2.45) is 0 Å². The molecule has 2 aliphatic heterocycles. The third-order valence-electron chi connectivity index (χ3n) is 5.97. The van der Waals surface area contributed by atoms with Crippen molar-refractivity contribution >= 4 is 47.3 Å². The summed E-state index contributed by atoms with van der Waals surface area (Å²) in [6.45, 7) is 13.4. The van der Waals surface area contributed by atoms with Crippen LogP contribution in [0, 0.1) is 5.41 Å².